The van der Waals surface area contributed by atoms with Crippen LogP contribution in [0.1, 0.15) is 11.1 Å². The number of hydrogen-bond acceptors (Lipinski definition) is 6. The zero-order chi connectivity index (χ0) is 23.9. The lowest BCUT2D eigenvalue weighted by molar-refractivity contribution is -0.132. The molecule has 8 heteroatoms. The first-order valence-corrected chi connectivity index (χ1v) is 11.3. The molecule has 1 N–H and O–H groups in total. The Balaban J connectivity index is 1.64. The third-order valence-corrected chi connectivity index (χ3v) is 5.93. The van der Waals surface area contributed by atoms with Crippen LogP contribution in [-0.2, 0) is 16.0 Å². The predicted octanol–water partition coefficient (Wildman–Crippen LogP) is 4.58. The number of aliphatic imine (C=N–C) groups is 1. The van der Waals surface area contributed by atoms with E-state index in [2.05, 4.69) is 10.4 Å². The molecule has 3 aromatic rings. The van der Waals surface area contributed by atoms with Crippen molar-refractivity contribution in [3.8, 4) is 11.5 Å². The Labute approximate surface area is 202 Å². The smallest absolute Gasteiger partial charge is 0.285 e. The Morgan fingerprint density at radius 2 is 1.71 bits per heavy atom. The van der Waals surface area contributed by atoms with Gasteiger partial charge in [-0.25, -0.2) is 4.99 Å². The number of carbonyl (C=O) groups is 2. The number of carbonyl (C=O) groups excluding carboxylic acids is 2. The first kappa shape index (κ1) is 23.1. The molecule has 0 aliphatic carbocycles. The van der Waals surface area contributed by atoms with Crippen LogP contribution in [0.2, 0.25) is 0 Å². The summed E-state index contributed by atoms with van der Waals surface area (Å²) in [4.78, 5) is 31.0. The Bertz CT molecular complexity index is 1240. The average Bonchev–Trinajstić information content (AvgIpc) is 3.14. The van der Waals surface area contributed by atoms with Gasteiger partial charge in [0.15, 0.2) is 5.17 Å². The molecule has 4 rings (SSSR count). The van der Waals surface area contributed by atoms with E-state index in [1.807, 2.05) is 66.7 Å². The van der Waals surface area contributed by atoms with Gasteiger partial charge < -0.3 is 9.47 Å². The summed E-state index contributed by atoms with van der Waals surface area (Å²) < 4.78 is 10.7. The lowest BCUT2D eigenvalue weighted by Gasteiger charge is -2.16. The molecule has 1 saturated heterocycles. The topological polar surface area (TPSA) is 80.2 Å². The maximum Gasteiger partial charge on any atom is 0.285 e. The number of hydrazine groups is 1. The second-order valence-corrected chi connectivity index (χ2v) is 8.30. The average molecular weight is 474 g/mol. The summed E-state index contributed by atoms with van der Waals surface area (Å²) in [7, 11) is 3.13. The summed E-state index contributed by atoms with van der Waals surface area (Å²) in [5.41, 5.74) is 4.93. The Morgan fingerprint density at radius 3 is 2.38 bits per heavy atom. The molecule has 0 spiro atoms. The number of ether oxygens (including phenoxy) is 2. The second-order valence-electron chi connectivity index (χ2n) is 7.29. The van der Waals surface area contributed by atoms with E-state index in [1.54, 1.807) is 32.4 Å². The van der Waals surface area contributed by atoms with E-state index in [0.29, 0.717) is 32.8 Å². The monoisotopic (exact) mass is 473 g/mol. The molecule has 7 nitrogen and oxygen atoms in total. The summed E-state index contributed by atoms with van der Waals surface area (Å²) in [6.45, 7) is 0. The number of amidine groups is 1. The molecule has 0 atom stereocenters. The van der Waals surface area contributed by atoms with Crippen LogP contribution in [0.3, 0.4) is 0 Å². The van der Waals surface area contributed by atoms with Gasteiger partial charge in [0.25, 0.3) is 5.91 Å². The molecule has 172 valence electrons. The third kappa shape index (κ3) is 5.47. The van der Waals surface area contributed by atoms with Crippen LogP contribution in [0.25, 0.3) is 6.08 Å². The van der Waals surface area contributed by atoms with E-state index in [0.717, 1.165) is 5.56 Å². The summed E-state index contributed by atoms with van der Waals surface area (Å²) in [5.74, 6) is 0.516. The number of hydrogen-bond donors (Lipinski definition) is 1. The van der Waals surface area contributed by atoms with Crippen molar-refractivity contribution in [2.75, 3.05) is 14.2 Å². The van der Waals surface area contributed by atoms with E-state index in [-0.39, 0.29) is 18.2 Å². The van der Waals surface area contributed by atoms with Crippen LogP contribution in [0.4, 0.5) is 5.69 Å². The lowest BCUT2D eigenvalue weighted by Crippen LogP contribution is -2.46. The van der Waals surface area contributed by atoms with Gasteiger partial charge in [-0.2, -0.15) is 5.01 Å². The largest absolute Gasteiger partial charge is 0.497 e. The summed E-state index contributed by atoms with van der Waals surface area (Å²) in [6, 6.07) is 23.9. The van der Waals surface area contributed by atoms with Gasteiger partial charge in [0.2, 0.25) is 5.91 Å². The van der Waals surface area contributed by atoms with Crippen molar-refractivity contribution in [2.24, 2.45) is 4.99 Å². The Hall–Kier alpha value is -4.04. The highest BCUT2D eigenvalue weighted by atomic mass is 32.2. The van der Waals surface area contributed by atoms with Crippen LogP contribution in [0.5, 0.6) is 11.5 Å². The molecule has 1 fully saturated rings. The SMILES string of the molecule is COc1ccc(/C=C2/SC(=Nc3ccccc3)N(NC(=O)Cc3ccccc3)C2=O)c(OC)c1. The first-order valence-electron chi connectivity index (χ1n) is 10.5. The minimum absolute atomic E-state index is 0.138. The summed E-state index contributed by atoms with van der Waals surface area (Å²) in [5, 5.41) is 1.56. The number of nitrogens with one attached hydrogen (secondary N) is 1. The molecule has 34 heavy (non-hydrogen) atoms. The van der Waals surface area contributed by atoms with Gasteiger partial charge in [-0.05, 0) is 47.7 Å². The van der Waals surface area contributed by atoms with Crippen LogP contribution in [-0.4, -0.2) is 36.2 Å². The van der Waals surface area contributed by atoms with Crippen LogP contribution >= 0.6 is 11.8 Å². The maximum absolute atomic E-state index is 13.3. The fraction of sp³-hybridized carbons (Fsp3) is 0.115. The number of benzene rings is 3. The molecule has 1 aliphatic rings. The number of nitrogens with zero attached hydrogens (tertiary/aromatic N) is 2. The second kappa shape index (κ2) is 10.7. The van der Waals surface area contributed by atoms with Crippen LogP contribution in [0, 0.1) is 0 Å². The third-order valence-electron chi connectivity index (χ3n) is 4.96. The van der Waals surface area contributed by atoms with Crippen molar-refractivity contribution in [1.82, 2.24) is 10.4 Å². The maximum atomic E-state index is 13.3. The Morgan fingerprint density at radius 1 is 1.00 bits per heavy atom. The minimum Gasteiger partial charge on any atom is -0.497 e. The summed E-state index contributed by atoms with van der Waals surface area (Å²) in [6.07, 6.45) is 1.86. The molecule has 0 radical (unpaired) electrons. The van der Waals surface area contributed by atoms with Gasteiger partial charge >= 0.3 is 0 Å². The number of thioether (sulfide) groups is 1. The molecule has 2 amide bonds. The highest BCUT2D eigenvalue weighted by Gasteiger charge is 2.35. The van der Waals surface area contributed by atoms with Gasteiger partial charge in [0.1, 0.15) is 11.5 Å². The number of rotatable bonds is 7. The van der Waals surface area contributed by atoms with E-state index >= 15 is 0 Å². The molecule has 0 saturated carbocycles. The molecule has 0 unspecified atom stereocenters. The highest BCUT2D eigenvalue weighted by Crippen LogP contribution is 2.35. The number of methoxy groups -OCH3 is 2. The van der Waals surface area contributed by atoms with Crippen LogP contribution < -0.4 is 14.9 Å². The highest BCUT2D eigenvalue weighted by molar-refractivity contribution is 8.18. The first-order chi connectivity index (χ1) is 16.6. The quantitative estimate of drug-likeness (QED) is 0.508. The molecule has 3 aromatic carbocycles. The van der Waals surface area contributed by atoms with Crippen molar-refractivity contribution < 1.29 is 19.1 Å². The fourth-order valence-corrected chi connectivity index (χ4v) is 4.22. The number of amides is 2. The van der Waals surface area contributed by atoms with Crippen LogP contribution in [0.15, 0.2) is 88.8 Å². The molecular weight excluding hydrogens is 450 g/mol. The number of para-hydroxylation sites is 1. The van der Waals surface area contributed by atoms with Crippen molar-refractivity contribution in [3.63, 3.8) is 0 Å². The van der Waals surface area contributed by atoms with E-state index in [9.17, 15) is 9.59 Å². The standard InChI is InChI=1S/C26H23N3O4S/c1-32-21-14-13-19(22(17-21)33-2)16-23-25(31)29(26(34-23)27-20-11-7-4-8-12-20)28-24(30)15-18-9-5-3-6-10-18/h3-14,16-17H,15H2,1-2H3,(H,28,30)/b23-16+,27-26?. The van der Waals surface area contributed by atoms with Crippen molar-refractivity contribution in [1.29, 1.82) is 0 Å². The lowest BCUT2D eigenvalue weighted by atomic mass is 10.1. The van der Waals surface area contributed by atoms with E-state index in [1.165, 1.54) is 16.8 Å². The van der Waals surface area contributed by atoms with Crippen molar-refractivity contribution >= 4 is 40.5 Å². The van der Waals surface area contributed by atoms with Gasteiger partial charge in [0, 0.05) is 11.6 Å². The molecule has 0 aromatic heterocycles. The zero-order valence-electron chi connectivity index (χ0n) is 18.7. The van der Waals surface area contributed by atoms with Gasteiger partial charge in [0.05, 0.1) is 31.2 Å². The summed E-state index contributed by atoms with van der Waals surface area (Å²) >= 11 is 1.18. The van der Waals surface area contributed by atoms with Gasteiger partial charge in [-0.3, -0.25) is 15.0 Å². The zero-order valence-corrected chi connectivity index (χ0v) is 19.5. The Kier molecular flexibility index (Phi) is 7.29. The molecule has 1 heterocycles. The van der Waals surface area contributed by atoms with Gasteiger partial charge in [-0.1, -0.05) is 48.5 Å². The van der Waals surface area contributed by atoms with Gasteiger partial charge in [-0.15, -0.1) is 0 Å². The molecule has 0 bridgehead atoms. The normalized spacial score (nSPS) is 15.6. The molecular formula is C26H23N3O4S. The minimum atomic E-state index is -0.376. The molecule has 1 aliphatic heterocycles. The van der Waals surface area contributed by atoms with E-state index < -0.39 is 0 Å². The predicted molar refractivity (Wildman–Crippen MR) is 134 cm³/mol. The van der Waals surface area contributed by atoms with Crippen molar-refractivity contribution in [2.45, 2.75) is 6.42 Å². The van der Waals surface area contributed by atoms with E-state index in [4.69, 9.17) is 9.47 Å². The fourth-order valence-electron chi connectivity index (χ4n) is 3.28. The van der Waals surface area contributed by atoms with Crippen molar-refractivity contribution in [3.05, 3.63) is 94.9 Å².